The molecule has 0 radical (unpaired) electrons. The summed E-state index contributed by atoms with van der Waals surface area (Å²) in [6, 6.07) is 26.8. The topological polar surface area (TPSA) is 12.9 Å². The lowest BCUT2D eigenvalue weighted by Crippen LogP contribution is -2.35. The summed E-state index contributed by atoms with van der Waals surface area (Å²) >= 11 is 0. The van der Waals surface area contributed by atoms with Gasteiger partial charge in [-0.3, -0.25) is 0 Å². The third-order valence-corrected chi connectivity index (χ3v) is 10.3. The predicted molar refractivity (Wildman–Crippen MR) is 211 cm³/mol. The number of benzene rings is 3. The van der Waals surface area contributed by atoms with Crippen LogP contribution in [0.2, 0.25) is 0 Å². The highest BCUT2D eigenvalue weighted by Crippen LogP contribution is 2.60. The second-order valence-electron chi connectivity index (χ2n) is 13.1. The van der Waals surface area contributed by atoms with Crippen LogP contribution < -0.4 is 0 Å². The first kappa shape index (κ1) is 32.3. The number of rotatable bonds is 9. The van der Waals surface area contributed by atoms with Crippen molar-refractivity contribution in [3.63, 3.8) is 0 Å². The van der Waals surface area contributed by atoms with Crippen LogP contribution in [0, 0.1) is 0 Å². The zero-order valence-corrected chi connectivity index (χ0v) is 29.0. The highest BCUT2D eigenvalue weighted by atomic mass is 14.7. The molecule has 0 N–H and O–H groups in total. The average Bonchev–Trinajstić information content (AvgIpc) is 3.24. The third-order valence-electron chi connectivity index (χ3n) is 10.3. The molecule has 0 aliphatic heterocycles. The predicted octanol–water partition coefficient (Wildman–Crippen LogP) is 12.4. The van der Waals surface area contributed by atoms with E-state index in [0.717, 1.165) is 54.3 Å². The number of hydrogen-bond acceptors (Lipinski definition) is 1. The molecule has 1 nitrogen and oxygen atoms in total. The Morgan fingerprint density at radius 2 is 1.82 bits per heavy atom. The molecule has 0 amide bonds. The van der Waals surface area contributed by atoms with E-state index in [0.29, 0.717) is 0 Å². The molecule has 3 aliphatic rings. The van der Waals surface area contributed by atoms with Gasteiger partial charge < -0.3 is 0 Å². The van der Waals surface area contributed by atoms with E-state index in [-0.39, 0.29) is 5.41 Å². The second kappa shape index (κ2) is 14.1. The molecular weight excluding hydrogens is 591 g/mol. The fourth-order valence-electron chi connectivity index (χ4n) is 8.29. The van der Waals surface area contributed by atoms with Gasteiger partial charge in [-0.15, -0.1) is 0 Å². The summed E-state index contributed by atoms with van der Waals surface area (Å²) in [7, 11) is 0. The van der Waals surface area contributed by atoms with Gasteiger partial charge in [-0.05, 0) is 112 Å². The van der Waals surface area contributed by atoms with Crippen molar-refractivity contribution in [3.05, 3.63) is 202 Å². The van der Waals surface area contributed by atoms with E-state index in [1.807, 2.05) is 18.2 Å². The van der Waals surface area contributed by atoms with E-state index in [4.69, 9.17) is 4.98 Å². The SMILES string of the molecule is C=C/C=C(\C=C/Cc1ccc2c(c1)C1=C(C=CC=CC1)C21C(CC)=C(/C=C\CC)Cc2c(/C=C\C)cccc21)c1ccc2ccccc2n1. The van der Waals surface area contributed by atoms with Crippen molar-refractivity contribution in [3.8, 4) is 0 Å². The molecule has 0 saturated carbocycles. The van der Waals surface area contributed by atoms with Crippen molar-refractivity contribution in [2.75, 3.05) is 0 Å². The highest BCUT2D eigenvalue weighted by Gasteiger charge is 2.50. The molecule has 1 heteroatoms. The number of allylic oxidation sites excluding steroid dienone is 16. The molecule has 0 fully saturated rings. The van der Waals surface area contributed by atoms with Gasteiger partial charge in [0.1, 0.15) is 0 Å². The van der Waals surface area contributed by atoms with Gasteiger partial charge in [-0.2, -0.15) is 0 Å². The number of pyridine rings is 1. The monoisotopic (exact) mass is 635 g/mol. The van der Waals surface area contributed by atoms with E-state index < -0.39 is 0 Å². The lowest BCUT2D eigenvalue weighted by atomic mass is 9.59. The van der Waals surface area contributed by atoms with E-state index >= 15 is 0 Å². The molecule has 3 aliphatic carbocycles. The third kappa shape index (κ3) is 5.68. The van der Waals surface area contributed by atoms with Crippen LogP contribution >= 0.6 is 0 Å². The molecule has 1 atom stereocenters. The molecule has 4 aromatic rings. The van der Waals surface area contributed by atoms with Crippen LogP contribution in [0.4, 0.5) is 0 Å². The summed E-state index contributed by atoms with van der Waals surface area (Å²) in [6.45, 7) is 10.7. The molecule has 1 aromatic heterocycles. The zero-order valence-electron chi connectivity index (χ0n) is 29.0. The normalized spacial score (nSPS) is 18.7. The highest BCUT2D eigenvalue weighted by molar-refractivity contribution is 5.90. The summed E-state index contributed by atoms with van der Waals surface area (Å²) in [5.74, 6) is 0. The number of hydrogen-bond donors (Lipinski definition) is 0. The van der Waals surface area contributed by atoms with Crippen molar-refractivity contribution in [2.24, 2.45) is 0 Å². The fourth-order valence-corrected chi connectivity index (χ4v) is 8.29. The second-order valence-corrected chi connectivity index (χ2v) is 13.1. The zero-order chi connectivity index (χ0) is 33.8. The molecule has 1 unspecified atom stereocenters. The number of fused-ring (bicyclic) bond motifs is 7. The molecule has 7 rings (SSSR count). The molecule has 242 valence electrons. The number of aromatic nitrogens is 1. The van der Waals surface area contributed by atoms with Crippen LogP contribution in [0.25, 0.3) is 28.1 Å². The Labute approximate surface area is 292 Å². The van der Waals surface area contributed by atoms with Gasteiger partial charge in [-0.25, -0.2) is 4.98 Å². The quantitative estimate of drug-likeness (QED) is 0.167. The van der Waals surface area contributed by atoms with Gasteiger partial charge >= 0.3 is 0 Å². The maximum atomic E-state index is 4.95. The molecule has 3 aromatic carbocycles. The first-order valence-corrected chi connectivity index (χ1v) is 17.8. The van der Waals surface area contributed by atoms with Crippen molar-refractivity contribution in [1.29, 1.82) is 0 Å². The Hall–Kier alpha value is -5.27. The summed E-state index contributed by atoms with van der Waals surface area (Å²) in [6.07, 6.45) is 31.6. The van der Waals surface area contributed by atoms with Gasteiger partial charge in [0.25, 0.3) is 0 Å². The minimum absolute atomic E-state index is 0.309. The number of para-hydroxylation sites is 1. The van der Waals surface area contributed by atoms with Crippen LogP contribution in [0.15, 0.2) is 163 Å². The molecule has 0 saturated heterocycles. The largest absolute Gasteiger partial charge is 0.248 e. The smallest absolute Gasteiger partial charge is 0.0709 e. The van der Waals surface area contributed by atoms with Gasteiger partial charge in [-0.1, -0.05) is 154 Å². The molecule has 1 spiro atoms. The fraction of sp³-hybridized carbons (Fsp3) is 0.188. The number of nitrogens with zero attached hydrogens (tertiary/aromatic N) is 1. The van der Waals surface area contributed by atoms with Gasteiger partial charge in [0, 0.05) is 5.39 Å². The van der Waals surface area contributed by atoms with Gasteiger partial charge in [0.2, 0.25) is 0 Å². The average molecular weight is 636 g/mol. The minimum atomic E-state index is -0.309. The first-order valence-electron chi connectivity index (χ1n) is 17.8. The van der Waals surface area contributed by atoms with Gasteiger partial charge in [0.15, 0.2) is 0 Å². The standard InChI is InChI=1S/C48H45N/c1-5-9-20-38-33-40-35(17-6-2)22-16-26-44(40)48(42(38)8-4)43-25-12-10-11-24-39(43)41-32-34(28-30-45(41)48)19-15-23-36(18-7-3)47-31-29-37-21-13-14-27-46(37)49-47/h6-7,9-18,20-23,25-32H,3,5,8,19,24,33H2,1-2,4H3/b17-6-,20-9-,23-15-,36-18+. The van der Waals surface area contributed by atoms with E-state index in [1.54, 1.807) is 0 Å². The van der Waals surface area contributed by atoms with Gasteiger partial charge in [0.05, 0.1) is 16.6 Å². The Bertz CT molecular complexity index is 2190. The van der Waals surface area contributed by atoms with Crippen molar-refractivity contribution in [2.45, 2.75) is 58.3 Å². The van der Waals surface area contributed by atoms with Crippen LogP contribution in [0.3, 0.4) is 0 Å². The first-order chi connectivity index (χ1) is 24.1. The van der Waals surface area contributed by atoms with E-state index in [9.17, 15) is 0 Å². The summed E-state index contributed by atoms with van der Waals surface area (Å²) in [5.41, 5.74) is 17.0. The summed E-state index contributed by atoms with van der Waals surface area (Å²) in [4.78, 5) is 4.95. The lowest BCUT2D eigenvalue weighted by molar-refractivity contribution is 0.667. The summed E-state index contributed by atoms with van der Waals surface area (Å²) in [5, 5.41) is 1.15. The Balaban J connectivity index is 1.35. The maximum Gasteiger partial charge on any atom is 0.0709 e. The van der Waals surface area contributed by atoms with E-state index in [1.165, 1.54) is 55.7 Å². The van der Waals surface area contributed by atoms with E-state index in [2.05, 4.69) is 155 Å². The van der Waals surface area contributed by atoms with Crippen molar-refractivity contribution in [1.82, 2.24) is 4.98 Å². The summed E-state index contributed by atoms with van der Waals surface area (Å²) < 4.78 is 0. The molecule has 49 heavy (non-hydrogen) atoms. The Morgan fingerprint density at radius 3 is 2.65 bits per heavy atom. The lowest BCUT2D eigenvalue weighted by Gasteiger charge is -2.43. The minimum Gasteiger partial charge on any atom is -0.248 e. The van der Waals surface area contributed by atoms with Crippen molar-refractivity contribution < 1.29 is 0 Å². The Morgan fingerprint density at radius 1 is 0.918 bits per heavy atom. The van der Waals surface area contributed by atoms with Crippen LogP contribution in [0.1, 0.15) is 79.1 Å². The van der Waals surface area contributed by atoms with Crippen molar-refractivity contribution >= 4 is 28.1 Å². The molecule has 0 bridgehead atoms. The van der Waals surface area contributed by atoms with Crippen LogP contribution in [0.5, 0.6) is 0 Å². The maximum absolute atomic E-state index is 4.95. The molecular formula is C48H45N. The van der Waals surface area contributed by atoms with Crippen LogP contribution in [-0.2, 0) is 18.3 Å². The molecule has 1 heterocycles. The Kier molecular flexibility index (Phi) is 9.27. The van der Waals surface area contributed by atoms with Crippen LogP contribution in [-0.4, -0.2) is 4.98 Å².